The van der Waals surface area contributed by atoms with Gasteiger partial charge in [0.15, 0.2) is 5.96 Å². The van der Waals surface area contributed by atoms with E-state index < -0.39 is 59.7 Å². The first-order valence-corrected chi connectivity index (χ1v) is 10.4. The van der Waals surface area contributed by atoms with Crippen LogP contribution < -0.4 is 33.2 Å². The number of carbonyl (C=O) groups is 5. The molecular weight excluding hydrogens is 438 g/mol. The molecule has 0 aliphatic rings. The average Bonchev–Trinajstić information content (AvgIpc) is 2.70. The summed E-state index contributed by atoms with van der Waals surface area (Å²) in [4.78, 5) is 63.1. The monoisotopic (exact) mass is 473 g/mol. The number of guanidine groups is 1. The summed E-state index contributed by atoms with van der Waals surface area (Å²) in [7, 11) is 0. The lowest BCUT2D eigenvalue weighted by Crippen LogP contribution is -2.57. The number of hydrogen-bond donors (Lipinski definition) is 8. The van der Waals surface area contributed by atoms with Crippen LogP contribution in [0.1, 0.15) is 46.5 Å². The Hall–Kier alpha value is -3.42. The van der Waals surface area contributed by atoms with E-state index in [1.165, 1.54) is 6.92 Å². The van der Waals surface area contributed by atoms with Gasteiger partial charge in [0.1, 0.15) is 18.1 Å². The highest BCUT2D eigenvalue weighted by molar-refractivity contribution is 5.94. The number of aliphatic carboxylic acids is 2. The molecule has 0 aliphatic carbocycles. The first-order chi connectivity index (χ1) is 15.3. The molecule has 14 nitrogen and oxygen atoms in total. The molecule has 0 rings (SSSR count). The second-order valence-electron chi connectivity index (χ2n) is 7.85. The summed E-state index contributed by atoms with van der Waals surface area (Å²) < 4.78 is 0. The van der Waals surface area contributed by atoms with Crippen molar-refractivity contribution in [1.82, 2.24) is 16.0 Å². The predicted molar refractivity (Wildman–Crippen MR) is 119 cm³/mol. The second kappa shape index (κ2) is 14.6. The van der Waals surface area contributed by atoms with Crippen LogP contribution in [0.2, 0.25) is 0 Å². The first kappa shape index (κ1) is 29.6. The molecule has 11 N–H and O–H groups in total. The Morgan fingerprint density at radius 2 is 1.48 bits per heavy atom. The van der Waals surface area contributed by atoms with Crippen molar-refractivity contribution >= 4 is 35.6 Å². The van der Waals surface area contributed by atoms with E-state index in [0.717, 1.165) is 0 Å². The van der Waals surface area contributed by atoms with Crippen molar-refractivity contribution in [2.45, 2.75) is 70.6 Å². The van der Waals surface area contributed by atoms with Gasteiger partial charge in [-0.2, -0.15) is 0 Å². The summed E-state index contributed by atoms with van der Waals surface area (Å²) in [5, 5.41) is 25.2. The van der Waals surface area contributed by atoms with Crippen LogP contribution in [0.15, 0.2) is 4.99 Å². The lowest BCUT2D eigenvalue weighted by atomic mass is 10.0. The number of nitrogens with two attached hydrogens (primary N) is 3. The fourth-order valence-electron chi connectivity index (χ4n) is 2.63. The van der Waals surface area contributed by atoms with E-state index in [0.29, 0.717) is 6.42 Å². The summed E-state index contributed by atoms with van der Waals surface area (Å²) in [5.74, 6) is -5.03. The van der Waals surface area contributed by atoms with Crippen LogP contribution in [0, 0.1) is 5.92 Å². The van der Waals surface area contributed by atoms with E-state index in [1.54, 1.807) is 13.8 Å². The van der Waals surface area contributed by atoms with Crippen molar-refractivity contribution in [3.63, 3.8) is 0 Å². The third-order valence-electron chi connectivity index (χ3n) is 4.57. The molecule has 0 saturated heterocycles. The Balaban J connectivity index is 5.19. The quantitative estimate of drug-likeness (QED) is 0.0701. The molecule has 0 saturated carbocycles. The molecule has 4 atom stereocenters. The van der Waals surface area contributed by atoms with Crippen molar-refractivity contribution < 1.29 is 34.2 Å². The van der Waals surface area contributed by atoms with Gasteiger partial charge in [0, 0.05) is 13.0 Å². The standard InChI is InChI=1S/C19H35N7O7/c1-9(2)14(18(32)33)26-17(31)12(5-4-8-23-19(21)22)25-15(29)10(3)24-16(30)11(20)6-7-13(27)28/h9-12,14H,4-8,20H2,1-3H3,(H,24,30)(H,25,29)(H,26,31)(H,27,28)(H,32,33)(H4,21,22,23). The maximum atomic E-state index is 12.7. The van der Waals surface area contributed by atoms with E-state index in [-0.39, 0.29) is 31.8 Å². The molecule has 0 fully saturated rings. The number of aliphatic imine (C=N–C) groups is 1. The van der Waals surface area contributed by atoms with E-state index in [9.17, 15) is 29.1 Å². The summed E-state index contributed by atoms with van der Waals surface area (Å²) in [6.45, 7) is 4.78. The van der Waals surface area contributed by atoms with E-state index in [1.807, 2.05) is 0 Å². The molecule has 14 heteroatoms. The number of rotatable bonds is 15. The van der Waals surface area contributed by atoms with Crippen molar-refractivity contribution in [2.24, 2.45) is 28.1 Å². The molecule has 0 bridgehead atoms. The zero-order valence-corrected chi connectivity index (χ0v) is 19.0. The highest BCUT2D eigenvalue weighted by Crippen LogP contribution is 2.06. The van der Waals surface area contributed by atoms with Crippen LogP contribution in [-0.2, 0) is 24.0 Å². The third-order valence-corrected chi connectivity index (χ3v) is 4.57. The molecule has 3 amide bonds. The maximum Gasteiger partial charge on any atom is 0.326 e. The van der Waals surface area contributed by atoms with Crippen LogP contribution in [0.3, 0.4) is 0 Å². The molecule has 0 aromatic rings. The zero-order chi connectivity index (χ0) is 25.7. The largest absolute Gasteiger partial charge is 0.481 e. The number of carboxylic acids is 2. The topological polar surface area (TPSA) is 252 Å². The summed E-state index contributed by atoms with van der Waals surface area (Å²) >= 11 is 0. The van der Waals surface area contributed by atoms with Gasteiger partial charge < -0.3 is 43.4 Å². The molecule has 4 unspecified atom stereocenters. The summed E-state index contributed by atoms with van der Waals surface area (Å²) in [5.41, 5.74) is 16.1. The molecule has 0 aliphatic heterocycles. The number of amides is 3. The first-order valence-electron chi connectivity index (χ1n) is 10.4. The lowest BCUT2D eigenvalue weighted by molar-refractivity contribution is -0.143. The number of nitrogens with zero attached hydrogens (tertiary/aromatic N) is 1. The Labute approximate surface area is 191 Å². The molecule has 33 heavy (non-hydrogen) atoms. The van der Waals surface area contributed by atoms with E-state index in [2.05, 4.69) is 20.9 Å². The smallest absolute Gasteiger partial charge is 0.326 e. The number of carbonyl (C=O) groups excluding carboxylic acids is 3. The minimum Gasteiger partial charge on any atom is -0.481 e. The molecule has 0 aromatic heterocycles. The van der Waals surface area contributed by atoms with Crippen LogP contribution in [0.5, 0.6) is 0 Å². The van der Waals surface area contributed by atoms with Gasteiger partial charge in [-0.25, -0.2) is 4.79 Å². The minimum atomic E-state index is -1.22. The minimum absolute atomic E-state index is 0.0948. The van der Waals surface area contributed by atoms with Gasteiger partial charge in [-0.1, -0.05) is 13.8 Å². The van der Waals surface area contributed by atoms with Gasteiger partial charge >= 0.3 is 11.9 Å². The average molecular weight is 474 g/mol. The lowest BCUT2D eigenvalue weighted by Gasteiger charge is -2.25. The Morgan fingerprint density at radius 1 is 0.879 bits per heavy atom. The Bertz CT molecular complexity index is 738. The maximum absolute atomic E-state index is 12.7. The fourth-order valence-corrected chi connectivity index (χ4v) is 2.63. The normalized spacial score (nSPS) is 14.3. The molecule has 188 valence electrons. The third kappa shape index (κ3) is 12.3. The van der Waals surface area contributed by atoms with Gasteiger partial charge in [-0.05, 0) is 32.1 Å². The molecule has 0 radical (unpaired) electrons. The van der Waals surface area contributed by atoms with Crippen LogP contribution in [0.25, 0.3) is 0 Å². The van der Waals surface area contributed by atoms with Crippen LogP contribution >= 0.6 is 0 Å². The van der Waals surface area contributed by atoms with Gasteiger partial charge in [-0.3, -0.25) is 24.2 Å². The number of hydrogen-bond acceptors (Lipinski definition) is 7. The summed E-state index contributed by atoms with van der Waals surface area (Å²) in [6, 6.07) is -4.51. The van der Waals surface area contributed by atoms with Crippen molar-refractivity contribution in [1.29, 1.82) is 0 Å². The summed E-state index contributed by atoms with van der Waals surface area (Å²) in [6.07, 6.45) is -0.0288. The van der Waals surface area contributed by atoms with E-state index >= 15 is 0 Å². The predicted octanol–water partition coefficient (Wildman–Crippen LogP) is -2.55. The Morgan fingerprint density at radius 3 is 1.97 bits per heavy atom. The van der Waals surface area contributed by atoms with Crippen molar-refractivity contribution in [3.8, 4) is 0 Å². The van der Waals surface area contributed by atoms with Gasteiger partial charge in [0.05, 0.1) is 6.04 Å². The molecular formula is C19H35N7O7. The molecule has 0 spiro atoms. The SMILES string of the molecule is CC(NC(=O)C(N)CCC(=O)O)C(=O)NC(CCCN=C(N)N)C(=O)NC(C(=O)O)C(C)C. The molecule has 0 aromatic carbocycles. The number of nitrogens with one attached hydrogen (secondary N) is 3. The highest BCUT2D eigenvalue weighted by atomic mass is 16.4. The van der Waals surface area contributed by atoms with Gasteiger partial charge in [0.25, 0.3) is 0 Å². The fraction of sp³-hybridized carbons (Fsp3) is 0.684. The van der Waals surface area contributed by atoms with Gasteiger partial charge in [0.2, 0.25) is 17.7 Å². The van der Waals surface area contributed by atoms with Gasteiger partial charge in [-0.15, -0.1) is 0 Å². The van der Waals surface area contributed by atoms with Crippen molar-refractivity contribution in [3.05, 3.63) is 0 Å². The molecule has 0 heterocycles. The van der Waals surface area contributed by atoms with Crippen LogP contribution in [0.4, 0.5) is 0 Å². The zero-order valence-electron chi connectivity index (χ0n) is 19.0. The second-order valence-corrected chi connectivity index (χ2v) is 7.85. The highest BCUT2D eigenvalue weighted by Gasteiger charge is 2.30. The van der Waals surface area contributed by atoms with E-state index in [4.69, 9.17) is 22.3 Å². The van der Waals surface area contributed by atoms with Crippen molar-refractivity contribution in [2.75, 3.05) is 6.54 Å². The van der Waals surface area contributed by atoms with Crippen LogP contribution in [-0.4, -0.2) is 76.5 Å². The Kier molecular flexibility index (Phi) is 13.1. The number of carboxylic acid groups (broad SMARTS) is 2.